The Hall–Kier alpha value is -1.29. The summed E-state index contributed by atoms with van der Waals surface area (Å²) in [4.78, 5) is 11.7. The fourth-order valence-electron chi connectivity index (χ4n) is 1.15. The molecule has 0 radical (unpaired) electrons. The van der Waals surface area contributed by atoms with Crippen molar-refractivity contribution in [1.82, 2.24) is 5.32 Å². The smallest absolute Gasteiger partial charge is 0.256 e. The Bertz CT molecular complexity index is 440. The number of nitrogens with zero attached hydrogens (tertiary/aromatic N) is 1. The Morgan fingerprint density at radius 1 is 1.69 bits per heavy atom. The number of amides is 1. The van der Waals surface area contributed by atoms with Crippen molar-refractivity contribution in [3.63, 3.8) is 0 Å². The standard InChI is InChI=1S/C11H11IN2O2/c1-2-8(6-13)14-11(16)9-5-7(12)3-4-10(9)15/h3-5,8,15H,2H2,1H3,(H,14,16). The highest BCUT2D eigenvalue weighted by atomic mass is 127. The maximum Gasteiger partial charge on any atom is 0.256 e. The van der Waals surface area contributed by atoms with Gasteiger partial charge in [0.25, 0.3) is 5.91 Å². The van der Waals surface area contributed by atoms with E-state index in [4.69, 9.17) is 5.26 Å². The van der Waals surface area contributed by atoms with Gasteiger partial charge in [-0.1, -0.05) is 6.92 Å². The molecule has 0 heterocycles. The van der Waals surface area contributed by atoms with Crippen LogP contribution in [0.1, 0.15) is 23.7 Å². The quantitative estimate of drug-likeness (QED) is 0.833. The Labute approximate surface area is 107 Å². The molecule has 5 heteroatoms. The molecule has 0 fully saturated rings. The van der Waals surface area contributed by atoms with Crippen LogP contribution in [0.15, 0.2) is 18.2 Å². The molecule has 2 N–H and O–H groups in total. The van der Waals surface area contributed by atoms with Gasteiger partial charge in [0.05, 0.1) is 11.6 Å². The van der Waals surface area contributed by atoms with E-state index in [0.717, 1.165) is 3.57 Å². The summed E-state index contributed by atoms with van der Waals surface area (Å²) in [7, 11) is 0. The van der Waals surface area contributed by atoms with Crippen molar-refractivity contribution in [1.29, 1.82) is 5.26 Å². The minimum Gasteiger partial charge on any atom is -0.507 e. The van der Waals surface area contributed by atoms with Crippen LogP contribution in [0.25, 0.3) is 0 Å². The van der Waals surface area contributed by atoms with Gasteiger partial charge in [-0.25, -0.2) is 0 Å². The van der Waals surface area contributed by atoms with Crippen LogP contribution in [0.2, 0.25) is 0 Å². The van der Waals surface area contributed by atoms with Crippen LogP contribution in [-0.2, 0) is 0 Å². The average Bonchev–Trinajstić information content (AvgIpc) is 2.28. The van der Waals surface area contributed by atoms with E-state index in [1.807, 2.05) is 13.0 Å². The third-order valence-corrected chi connectivity index (χ3v) is 2.74. The highest BCUT2D eigenvalue weighted by molar-refractivity contribution is 14.1. The summed E-state index contributed by atoms with van der Waals surface area (Å²) in [6.45, 7) is 1.81. The number of hydrogen-bond donors (Lipinski definition) is 2. The van der Waals surface area contributed by atoms with Crippen LogP contribution in [0.4, 0.5) is 0 Å². The molecule has 0 spiro atoms. The lowest BCUT2D eigenvalue weighted by Gasteiger charge is -2.10. The van der Waals surface area contributed by atoms with Gasteiger partial charge in [-0.05, 0) is 47.2 Å². The number of nitrogens with one attached hydrogen (secondary N) is 1. The number of nitriles is 1. The zero-order chi connectivity index (χ0) is 12.1. The number of hydrogen-bond acceptors (Lipinski definition) is 3. The van der Waals surface area contributed by atoms with Gasteiger partial charge in [0.15, 0.2) is 0 Å². The van der Waals surface area contributed by atoms with Crippen molar-refractivity contribution in [2.45, 2.75) is 19.4 Å². The van der Waals surface area contributed by atoms with Crippen LogP contribution in [0.5, 0.6) is 5.75 Å². The first-order valence-electron chi connectivity index (χ1n) is 4.77. The van der Waals surface area contributed by atoms with Gasteiger partial charge < -0.3 is 10.4 Å². The van der Waals surface area contributed by atoms with Gasteiger partial charge in [-0.3, -0.25) is 4.79 Å². The zero-order valence-electron chi connectivity index (χ0n) is 8.70. The summed E-state index contributed by atoms with van der Waals surface area (Å²) in [5.41, 5.74) is 0.195. The molecule has 0 aromatic heterocycles. The molecule has 0 aliphatic heterocycles. The summed E-state index contributed by atoms with van der Waals surface area (Å²) < 4.78 is 0.852. The molecule has 1 amide bonds. The lowest BCUT2D eigenvalue weighted by Crippen LogP contribution is -2.33. The van der Waals surface area contributed by atoms with E-state index in [0.29, 0.717) is 6.42 Å². The van der Waals surface area contributed by atoms with E-state index < -0.39 is 11.9 Å². The van der Waals surface area contributed by atoms with E-state index in [9.17, 15) is 9.90 Å². The van der Waals surface area contributed by atoms with E-state index in [1.54, 1.807) is 12.1 Å². The summed E-state index contributed by atoms with van der Waals surface area (Å²) >= 11 is 2.05. The number of halogens is 1. The second kappa shape index (κ2) is 5.70. The lowest BCUT2D eigenvalue weighted by molar-refractivity contribution is 0.0942. The first-order chi connectivity index (χ1) is 7.58. The number of phenolic OH excluding ortho intramolecular Hbond substituents is 1. The topological polar surface area (TPSA) is 73.1 Å². The van der Waals surface area contributed by atoms with E-state index in [2.05, 4.69) is 27.9 Å². The number of rotatable bonds is 3. The molecular formula is C11H11IN2O2. The molecule has 0 saturated carbocycles. The van der Waals surface area contributed by atoms with Gasteiger partial charge in [-0.2, -0.15) is 5.26 Å². The van der Waals surface area contributed by atoms with Crippen LogP contribution < -0.4 is 5.32 Å². The number of carbonyl (C=O) groups excluding carboxylic acids is 1. The van der Waals surface area contributed by atoms with Crippen LogP contribution in [-0.4, -0.2) is 17.1 Å². The SMILES string of the molecule is CCC(C#N)NC(=O)c1cc(I)ccc1O. The molecule has 1 aromatic rings. The Morgan fingerprint density at radius 2 is 2.38 bits per heavy atom. The number of phenols is 1. The first kappa shape index (κ1) is 12.8. The molecule has 1 atom stereocenters. The minimum absolute atomic E-state index is 0.0780. The van der Waals surface area contributed by atoms with Crippen molar-refractivity contribution < 1.29 is 9.90 Å². The van der Waals surface area contributed by atoms with Crippen molar-refractivity contribution in [2.24, 2.45) is 0 Å². The van der Waals surface area contributed by atoms with Crippen LogP contribution >= 0.6 is 22.6 Å². The maximum absolute atomic E-state index is 11.7. The van der Waals surface area contributed by atoms with Crippen molar-refractivity contribution >= 4 is 28.5 Å². The van der Waals surface area contributed by atoms with Gasteiger partial charge in [0, 0.05) is 3.57 Å². The molecule has 0 saturated heterocycles. The van der Waals surface area contributed by atoms with Gasteiger partial charge in [0.1, 0.15) is 11.8 Å². The third-order valence-electron chi connectivity index (χ3n) is 2.07. The van der Waals surface area contributed by atoms with Gasteiger partial charge >= 0.3 is 0 Å². The minimum atomic E-state index is -0.523. The summed E-state index contributed by atoms with van der Waals surface area (Å²) in [5.74, 6) is -0.505. The van der Waals surface area contributed by atoms with Gasteiger partial charge in [0.2, 0.25) is 0 Å². The fourth-order valence-corrected chi connectivity index (χ4v) is 1.64. The summed E-state index contributed by atoms with van der Waals surface area (Å²) in [6, 6.07) is 6.19. The van der Waals surface area contributed by atoms with Crippen LogP contribution in [0.3, 0.4) is 0 Å². The molecule has 4 nitrogen and oxygen atoms in total. The largest absolute Gasteiger partial charge is 0.507 e. The Morgan fingerprint density at radius 3 is 2.94 bits per heavy atom. The molecule has 0 aliphatic rings. The van der Waals surface area contributed by atoms with Crippen molar-refractivity contribution in [2.75, 3.05) is 0 Å². The molecule has 0 bridgehead atoms. The van der Waals surface area contributed by atoms with Crippen LogP contribution in [0, 0.1) is 14.9 Å². The lowest BCUT2D eigenvalue weighted by atomic mass is 10.1. The zero-order valence-corrected chi connectivity index (χ0v) is 10.9. The highest BCUT2D eigenvalue weighted by Gasteiger charge is 2.14. The molecule has 84 valence electrons. The summed E-state index contributed by atoms with van der Waals surface area (Å²) in [6.07, 6.45) is 0.535. The molecule has 0 aliphatic carbocycles. The van der Waals surface area contributed by atoms with E-state index in [-0.39, 0.29) is 11.3 Å². The summed E-state index contributed by atoms with van der Waals surface area (Å²) in [5, 5.41) is 20.8. The van der Waals surface area contributed by atoms with E-state index >= 15 is 0 Å². The predicted molar refractivity (Wildman–Crippen MR) is 68.0 cm³/mol. The average molecular weight is 330 g/mol. The van der Waals surface area contributed by atoms with Gasteiger partial charge in [-0.15, -0.1) is 0 Å². The number of benzene rings is 1. The number of carbonyl (C=O) groups is 1. The first-order valence-corrected chi connectivity index (χ1v) is 5.85. The predicted octanol–water partition coefficient (Wildman–Crippen LogP) is 2.03. The molecule has 16 heavy (non-hydrogen) atoms. The maximum atomic E-state index is 11.7. The fraction of sp³-hybridized carbons (Fsp3) is 0.273. The normalized spacial score (nSPS) is 11.6. The molecular weight excluding hydrogens is 319 g/mol. The molecule has 1 aromatic carbocycles. The highest BCUT2D eigenvalue weighted by Crippen LogP contribution is 2.19. The van der Waals surface area contributed by atoms with Crippen molar-refractivity contribution in [3.05, 3.63) is 27.3 Å². The Balaban J connectivity index is 2.89. The van der Waals surface area contributed by atoms with Crippen molar-refractivity contribution in [3.8, 4) is 11.8 Å². The van der Waals surface area contributed by atoms with E-state index in [1.165, 1.54) is 6.07 Å². The third kappa shape index (κ3) is 3.10. The second-order valence-corrected chi connectivity index (χ2v) is 4.47. The molecule has 1 unspecified atom stereocenters. The number of aromatic hydroxyl groups is 1. The molecule has 1 rings (SSSR count). The monoisotopic (exact) mass is 330 g/mol. The Kier molecular flexibility index (Phi) is 4.55. The second-order valence-electron chi connectivity index (χ2n) is 3.22.